The van der Waals surface area contributed by atoms with Crippen LogP contribution in [0.4, 0.5) is 50.9 Å². The summed E-state index contributed by atoms with van der Waals surface area (Å²) in [7, 11) is -12.7. The monoisotopic (exact) mass is 998 g/mol. The summed E-state index contributed by atoms with van der Waals surface area (Å²) in [6, 6.07) is 17.8. The van der Waals surface area contributed by atoms with E-state index in [1.54, 1.807) is 0 Å². The third-order valence-corrected chi connectivity index (χ3v) is 11.4. The minimum Gasteiger partial charge on any atom is -0.467 e. The number of carbonyl (C=O) groups excluding carboxylic acids is 2. The highest BCUT2D eigenvalue weighted by Gasteiger charge is 2.50. The number of sulfonamides is 2. The van der Waals surface area contributed by atoms with Crippen LogP contribution in [0.2, 0.25) is 0 Å². The second kappa shape index (κ2) is 21.0. The Kier molecular flexibility index (Phi) is 17.3. The van der Waals surface area contributed by atoms with Gasteiger partial charge in [-0.1, -0.05) is 0 Å². The van der Waals surface area contributed by atoms with Crippen LogP contribution in [0.15, 0.2) is 97.1 Å². The summed E-state index contributed by atoms with van der Waals surface area (Å²) < 4.78 is 210. The standard InChI is InChI=1S/C19H17F6NO8S2.C18H18F3NO6S/c1-32-17(27)16(34-36(30,31)19(23,24)25)11-26(35(2,28)29)13-5-9-15(10-6-13)33-14-7-3-12(4-8-14)18(20,21)22;1-27-17(24)16(23)11-22(29(2,25)26)13-5-9-15(10-6-13)28-14-7-3-12(4-8-14)18(19,20)21/h3-10,16H,11H2,1-2H3;3-10,16,23H,11H2,1-2H3/t2*16-/m11/s1. The number of benzene rings is 4. The lowest BCUT2D eigenvalue weighted by atomic mass is 10.2. The average molecular weight is 999 g/mol. The van der Waals surface area contributed by atoms with Gasteiger partial charge in [-0.2, -0.15) is 47.9 Å². The van der Waals surface area contributed by atoms with Crippen LogP contribution in [-0.2, 0) is 65.8 Å². The van der Waals surface area contributed by atoms with Gasteiger partial charge in [0, 0.05) is 0 Å². The molecule has 0 saturated heterocycles. The number of methoxy groups -OCH3 is 2. The molecule has 16 nitrogen and oxygen atoms in total. The summed E-state index contributed by atoms with van der Waals surface area (Å²) in [6.07, 6.45) is -11.7. The Labute approximate surface area is 364 Å². The summed E-state index contributed by atoms with van der Waals surface area (Å²) in [4.78, 5) is 23.2. The summed E-state index contributed by atoms with van der Waals surface area (Å²) in [6.45, 7) is -1.76. The molecule has 0 amide bonds. The molecule has 4 aromatic carbocycles. The Morgan fingerprint density at radius 3 is 1.12 bits per heavy atom. The SMILES string of the molecule is COC(=O)[C@@H](CN(c1ccc(Oc2ccc(C(F)(F)F)cc2)cc1)S(C)(=O)=O)OS(=O)(=O)C(F)(F)F.COC(=O)[C@H](O)CN(c1ccc(Oc2ccc(C(F)(F)F)cc2)cc1)S(C)(=O)=O. The molecular weight excluding hydrogens is 964 g/mol. The quantitative estimate of drug-likeness (QED) is 0.0553. The molecule has 4 aromatic rings. The lowest BCUT2D eigenvalue weighted by Crippen LogP contribution is -2.44. The van der Waals surface area contributed by atoms with E-state index < -0.39 is 96.4 Å². The van der Waals surface area contributed by atoms with E-state index in [4.69, 9.17) is 9.47 Å². The van der Waals surface area contributed by atoms with E-state index >= 15 is 0 Å². The third-order valence-electron chi connectivity index (χ3n) is 8.02. The van der Waals surface area contributed by atoms with E-state index in [2.05, 4.69) is 13.7 Å². The normalized spacial score (nSPS) is 13.3. The number of nitrogens with zero attached hydrogens (tertiary/aromatic N) is 2. The molecule has 0 aromatic heterocycles. The predicted molar refractivity (Wildman–Crippen MR) is 210 cm³/mol. The molecule has 28 heteroatoms. The number of hydrogen-bond donors (Lipinski definition) is 1. The van der Waals surface area contributed by atoms with Crippen LogP contribution in [0.1, 0.15) is 11.1 Å². The summed E-state index contributed by atoms with van der Waals surface area (Å²) in [5, 5.41) is 9.76. The number of esters is 2. The zero-order valence-corrected chi connectivity index (χ0v) is 36.0. The van der Waals surface area contributed by atoms with E-state index in [-0.39, 0.29) is 34.4 Å². The second-order valence-corrected chi connectivity index (χ2v) is 18.2. The minimum atomic E-state index is -6.29. The molecule has 0 saturated carbocycles. The lowest BCUT2D eigenvalue weighted by Gasteiger charge is -2.26. The van der Waals surface area contributed by atoms with Crippen molar-refractivity contribution >= 4 is 53.5 Å². The Balaban J connectivity index is 0.000000353. The molecule has 65 heavy (non-hydrogen) atoms. The van der Waals surface area contributed by atoms with Crippen LogP contribution in [0.5, 0.6) is 23.0 Å². The minimum absolute atomic E-state index is 0.00670. The van der Waals surface area contributed by atoms with Crippen molar-refractivity contribution in [2.24, 2.45) is 0 Å². The average Bonchev–Trinajstić information content (AvgIpc) is 3.20. The van der Waals surface area contributed by atoms with Gasteiger partial charge in [0.15, 0.2) is 12.2 Å². The van der Waals surface area contributed by atoms with Crippen LogP contribution in [0.25, 0.3) is 0 Å². The number of carbonyl (C=O) groups is 2. The van der Waals surface area contributed by atoms with Gasteiger partial charge in [-0.25, -0.2) is 30.6 Å². The number of rotatable bonds is 16. The maximum atomic E-state index is 12.7. The Morgan fingerprint density at radius 2 is 0.846 bits per heavy atom. The maximum Gasteiger partial charge on any atom is 0.523 e. The Hall–Kier alpha value is -5.84. The molecule has 0 fully saturated rings. The zero-order valence-electron chi connectivity index (χ0n) is 33.6. The number of aliphatic hydroxyl groups is 1. The first-order valence-electron chi connectivity index (χ1n) is 17.5. The van der Waals surface area contributed by atoms with Gasteiger partial charge < -0.3 is 24.1 Å². The first-order chi connectivity index (χ1) is 29.8. The smallest absolute Gasteiger partial charge is 0.467 e. The zero-order chi connectivity index (χ0) is 49.3. The lowest BCUT2D eigenvalue weighted by molar-refractivity contribution is -0.150. The molecule has 0 unspecified atom stereocenters. The van der Waals surface area contributed by atoms with Crippen LogP contribution in [0.3, 0.4) is 0 Å². The molecule has 0 bridgehead atoms. The predicted octanol–water partition coefficient (Wildman–Crippen LogP) is 6.47. The van der Waals surface area contributed by atoms with Crippen LogP contribution >= 0.6 is 0 Å². The van der Waals surface area contributed by atoms with Gasteiger partial charge >= 0.3 is 39.9 Å². The van der Waals surface area contributed by atoms with E-state index in [1.807, 2.05) is 0 Å². The third kappa shape index (κ3) is 15.7. The maximum absolute atomic E-state index is 12.7. The molecule has 0 aliphatic rings. The summed E-state index contributed by atoms with van der Waals surface area (Å²) in [5.74, 6) is -2.14. The van der Waals surface area contributed by atoms with Gasteiger partial charge in [0.1, 0.15) is 23.0 Å². The second-order valence-electron chi connectivity index (χ2n) is 12.9. The molecule has 0 radical (unpaired) electrons. The van der Waals surface area contributed by atoms with Gasteiger partial charge in [0.25, 0.3) is 0 Å². The first-order valence-corrected chi connectivity index (χ1v) is 22.6. The molecule has 4 rings (SSSR count). The molecular formula is C37H35F9N2O14S3. The van der Waals surface area contributed by atoms with E-state index in [9.17, 15) is 79.5 Å². The highest BCUT2D eigenvalue weighted by Crippen LogP contribution is 2.34. The van der Waals surface area contributed by atoms with E-state index in [0.717, 1.165) is 85.4 Å². The number of halogens is 9. The van der Waals surface area contributed by atoms with Gasteiger partial charge in [-0.15, -0.1) is 0 Å². The van der Waals surface area contributed by atoms with Gasteiger partial charge in [0.2, 0.25) is 20.0 Å². The topological polar surface area (TPSA) is 209 Å². The summed E-state index contributed by atoms with van der Waals surface area (Å²) in [5.41, 5.74) is -7.71. The number of ether oxygens (including phenoxy) is 4. The molecule has 0 heterocycles. The fourth-order valence-corrected chi connectivity index (χ4v) is 7.30. The van der Waals surface area contributed by atoms with Crippen molar-refractivity contribution in [1.29, 1.82) is 0 Å². The van der Waals surface area contributed by atoms with Crippen molar-refractivity contribution < 1.29 is 103 Å². The molecule has 0 aliphatic carbocycles. The number of anilines is 2. The van der Waals surface area contributed by atoms with Crippen LogP contribution < -0.4 is 18.1 Å². The van der Waals surface area contributed by atoms with Gasteiger partial charge in [-0.05, 0) is 97.1 Å². The molecule has 2 atom stereocenters. The fraction of sp³-hybridized carbons (Fsp3) is 0.297. The molecule has 0 aliphatic heterocycles. The van der Waals surface area contributed by atoms with E-state index in [0.29, 0.717) is 10.6 Å². The van der Waals surface area contributed by atoms with Crippen molar-refractivity contribution in [1.82, 2.24) is 0 Å². The first kappa shape index (κ1) is 53.5. The Morgan fingerprint density at radius 1 is 0.538 bits per heavy atom. The van der Waals surface area contributed by atoms with Gasteiger partial charge in [0.05, 0.1) is 62.3 Å². The van der Waals surface area contributed by atoms with Crippen molar-refractivity contribution in [3.8, 4) is 23.0 Å². The summed E-state index contributed by atoms with van der Waals surface area (Å²) >= 11 is 0. The van der Waals surface area contributed by atoms with Crippen molar-refractivity contribution in [2.45, 2.75) is 30.1 Å². The van der Waals surface area contributed by atoms with Crippen LogP contribution in [0, 0.1) is 0 Å². The molecule has 1 N–H and O–H groups in total. The number of hydrogen-bond acceptors (Lipinski definition) is 14. The Bertz CT molecular complexity index is 2580. The van der Waals surface area contributed by atoms with Gasteiger partial charge in [-0.3, -0.25) is 8.61 Å². The molecule has 358 valence electrons. The van der Waals surface area contributed by atoms with Crippen molar-refractivity contribution in [3.05, 3.63) is 108 Å². The van der Waals surface area contributed by atoms with Crippen LogP contribution in [-0.4, -0.2) is 99.8 Å². The fourth-order valence-electron chi connectivity index (χ4n) is 4.92. The van der Waals surface area contributed by atoms with Crippen molar-refractivity contribution in [2.75, 3.05) is 48.4 Å². The van der Waals surface area contributed by atoms with Crippen molar-refractivity contribution in [3.63, 3.8) is 0 Å². The number of aliphatic hydroxyl groups excluding tert-OH is 1. The van der Waals surface area contributed by atoms with E-state index in [1.165, 1.54) is 36.4 Å². The highest BCUT2D eigenvalue weighted by atomic mass is 32.2. The highest BCUT2D eigenvalue weighted by molar-refractivity contribution is 7.92. The largest absolute Gasteiger partial charge is 0.523 e. The molecule has 0 spiro atoms. The number of alkyl halides is 9.